The maximum absolute atomic E-state index is 8.86. The van der Waals surface area contributed by atoms with Gasteiger partial charge in [0.1, 0.15) is 6.54 Å². The lowest BCUT2D eigenvalue weighted by Crippen LogP contribution is -2.33. The molecule has 0 atom stereocenters. The van der Waals surface area contributed by atoms with E-state index in [0.717, 1.165) is 22.2 Å². The van der Waals surface area contributed by atoms with Crippen LogP contribution >= 0.6 is 0 Å². The summed E-state index contributed by atoms with van der Waals surface area (Å²) in [4.78, 5) is 0. The van der Waals surface area contributed by atoms with Crippen molar-refractivity contribution < 1.29 is 4.48 Å². The topological polar surface area (TPSA) is 23.8 Å². The predicted octanol–water partition coefficient (Wildman–Crippen LogP) is 1.76. The van der Waals surface area contributed by atoms with E-state index in [9.17, 15) is 0 Å². The van der Waals surface area contributed by atoms with E-state index in [-0.39, 0.29) is 0 Å². The number of benzene rings is 1. The van der Waals surface area contributed by atoms with E-state index in [4.69, 9.17) is 5.26 Å². The van der Waals surface area contributed by atoms with Crippen molar-refractivity contribution in [3.63, 3.8) is 0 Å². The van der Waals surface area contributed by atoms with Gasteiger partial charge >= 0.3 is 0 Å². The molecule has 0 aromatic heterocycles. The average molecular weight is 175 g/mol. The van der Waals surface area contributed by atoms with E-state index in [1.807, 2.05) is 24.3 Å². The molecule has 0 N–H and O–H groups in total. The fourth-order valence-corrected chi connectivity index (χ4v) is 1.28. The third kappa shape index (κ3) is 2.89. The standard InChI is InChI=1S/C11H15N2/c1-13(2,3)9-11-7-5-4-6-10(11)8-12/h4-7H,9H2,1-3H3/q+1. The normalized spacial score (nSPS) is 10.9. The first-order valence-corrected chi connectivity index (χ1v) is 4.31. The molecule has 1 aromatic carbocycles. The molecule has 0 saturated heterocycles. The third-order valence-corrected chi connectivity index (χ3v) is 1.78. The molecule has 13 heavy (non-hydrogen) atoms. The molecular weight excluding hydrogens is 160 g/mol. The summed E-state index contributed by atoms with van der Waals surface area (Å²) in [7, 11) is 6.36. The highest BCUT2D eigenvalue weighted by Crippen LogP contribution is 2.11. The molecular formula is C11H15N2+. The van der Waals surface area contributed by atoms with E-state index in [0.29, 0.717) is 0 Å². The van der Waals surface area contributed by atoms with Crippen LogP contribution in [0.1, 0.15) is 11.1 Å². The molecule has 2 heteroatoms. The summed E-state index contributed by atoms with van der Waals surface area (Å²) in [5.74, 6) is 0. The summed E-state index contributed by atoms with van der Waals surface area (Å²) in [6.07, 6.45) is 0. The summed E-state index contributed by atoms with van der Waals surface area (Å²) in [6, 6.07) is 9.97. The molecule has 0 aliphatic carbocycles. The molecule has 0 fully saturated rings. The Morgan fingerprint density at radius 3 is 2.38 bits per heavy atom. The third-order valence-electron chi connectivity index (χ3n) is 1.78. The van der Waals surface area contributed by atoms with Gasteiger partial charge < -0.3 is 4.48 Å². The van der Waals surface area contributed by atoms with Crippen LogP contribution in [0.2, 0.25) is 0 Å². The molecule has 0 spiro atoms. The Morgan fingerprint density at radius 1 is 1.23 bits per heavy atom. The Bertz CT molecular complexity index is 329. The second kappa shape index (κ2) is 3.59. The van der Waals surface area contributed by atoms with Crippen LogP contribution in [0, 0.1) is 11.3 Å². The largest absolute Gasteiger partial charge is 0.327 e. The number of hydrogen-bond acceptors (Lipinski definition) is 1. The summed E-state index contributed by atoms with van der Waals surface area (Å²) < 4.78 is 0.846. The van der Waals surface area contributed by atoms with Gasteiger partial charge in [-0.25, -0.2) is 0 Å². The van der Waals surface area contributed by atoms with Gasteiger partial charge in [0.05, 0.1) is 32.8 Å². The van der Waals surface area contributed by atoms with E-state index in [1.54, 1.807) is 0 Å². The summed E-state index contributed by atoms with van der Waals surface area (Å²) in [6.45, 7) is 0.893. The lowest BCUT2D eigenvalue weighted by molar-refractivity contribution is -0.884. The van der Waals surface area contributed by atoms with Crippen LogP contribution in [0.15, 0.2) is 24.3 Å². The molecule has 1 aromatic rings. The molecule has 2 nitrogen and oxygen atoms in total. The zero-order chi connectivity index (χ0) is 9.90. The Kier molecular flexibility index (Phi) is 2.69. The van der Waals surface area contributed by atoms with Crippen molar-refractivity contribution in [1.29, 1.82) is 5.26 Å². The minimum absolute atomic E-state index is 0.788. The van der Waals surface area contributed by atoms with Crippen LogP contribution in [-0.2, 0) is 6.54 Å². The molecule has 0 bridgehead atoms. The highest BCUT2D eigenvalue weighted by Gasteiger charge is 2.11. The lowest BCUT2D eigenvalue weighted by atomic mass is 10.1. The van der Waals surface area contributed by atoms with Gasteiger partial charge in [-0.15, -0.1) is 0 Å². The van der Waals surface area contributed by atoms with Crippen molar-refractivity contribution in [3.8, 4) is 6.07 Å². The van der Waals surface area contributed by atoms with Crippen LogP contribution in [0.3, 0.4) is 0 Å². The molecule has 0 heterocycles. The molecule has 1 rings (SSSR count). The number of nitrogens with zero attached hydrogens (tertiary/aromatic N) is 2. The monoisotopic (exact) mass is 175 g/mol. The molecule has 0 aliphatic rings. The van der Waals surface area contributed by atoms with Gasteiger partial charge in [-0.2, -0.15) is 5.26 Å². The predicted molar refractivity (Wildman–Crippen MR) is 52.9 cm³/mol. The molecule has 0 radical (unpaired) electrons. The van der Waals surface area contributed by atoms with Gasteiger partial charge in [0.15, 0.2) is 0 Å². The van der Waals surface area contributed by atoms with Crippen LogP contribution < -0.4 is 0 Å². The van der Waals surface area contributed by atoms with Gasteiger partial charge in [-0.1, -0.05) is 18.2 Å². The zero-order valence-electron chi connectivity index (χ0n) is 8.41. The number of quaternary nitrogens is 1. The van der Waals surface area contributed by atoms with Gasteiger partial charge in [-0.05, 0) is 6.07 Å². The fraction of sp³-hybridized carbons (Fsp3) is 0.364. The molecule has 0 amide bonds. The van der Waals surface area contributed by atoms with Crippen molar-refractivity contribution in [3.05, 3.63) is 35.4 Å². The quantitative estimate of drug-likeness (QED) is 0.628. The summed E-state index contributed by atoms with van der Waals surface area (Å²) >= 11 is 0. The zero-order valence-corrected chi connectivity index (χ0v) is 8.41. The van der Waals surface area contributed by atoms with Gasteiger partial charge in [0.2, 0.25) is 0 Å². The molecule has 0 unspecified atom stereocenters. The number of rotatable bonds is 2. The maximum atomic E-state index is 8.86. The Labute approximate surface area is 79.6 Å². The molecule has 68 valence electrons. The second-order valence-corrected chi connectivity index (χ2v) is 4.22. The first kappa shape index (κ1) is 9.76. The fourth-order valence-electron chi connectivity index (χ4n) is 1.28. The van der Waals surface area contributed by atoms with Crippen molar-refractivity contribution in [2.75, 3.05) is 21.1 Å². The first-order chi connectivity index (χ1) is 6.03. The van der Waals surface area contributed by atoms with Gasteiger partial charge in [0.25, 0.3) is 0 Å². The van der Waals surface area contributed by atoms with Crippen molar-refractivity contribution in [2.24, 2.45) is 0 Å². The summed E-state index contributed by atoms with van der Waals surface area (Å²) in [5.41, 5.74) is 1.91. The van der Waals surface area contributed by atoms with Crippen molar-refractivity contribution in [1.82, 2.24) is 0 Å². The minimum Gasteiger partial charge on any atom is -0.327 e. The van der Waals surface area contributed by atoms with Crippen molar-refractivity contribution >= 4 is 0 Å². The van der Waals surface area contributed by atoms with E-state index < -0.39 is 0 Å². The van der Waals surface area contributed by atoms with Gasteiger partial charge in [-0.3, -0.25) is 0 Å². The number of nitriles is 1. The Morgan fingerprint density at radius 2 is 1.85 bits per heavy atom. The van der Waals surface area contributed by atoms with Gasteiger partial charge in [0, 0.05) is 5.56 Å². The van der Waals surface area contributed by atoms with Crippen LogP contribution in [0.25, 0.3) is 0 Å². The highest BCUT2D eigenvalue weighted by atomic mass is 15.3. The Balaban J connectivity index is 2.96. The highest BCUT2D eigenvalue weighted by molar-refractivity contribution is 5.36. The smallest absolute Gasteiger partial charge is 0.105 e. The average Bonchev–Trinajstić information content (AvgIpc) is 2.02. The molecule has 0 aliphatic heterocycles. The van der Waals surface area contributed by atoms with E-state index >= 15 is 0 Å². The van der Waals surface area contributed by atoms with E-state index in [2.05, 4.69) is 27.2 Å². The number of hydrogen-bond donors (Lipinski definition) is 0. The van der Waals surface area contributed by atoms with E-state index in [1.165, 1.54) is 0 Å². The molecule has 0 saturated carbocycles. The SMILES string of the molecule is C[N+](C)(C)Cc1ccccc1C#N. The lowest BCUT2D eigenvalue weighted by Gasteiger charge is -2.24. The van der Waals surface area contributed by atoms with Crippen LogP contribution in [0.5, 0.6) is 0 Å². The Hall–Kier alpha value is -1.33. The maximum Gasteiger partial charge on any atom is 0.105 e. The first-order valence-electron chi connectivity index (χ1n) is 4.31. The summed E-state index contributed by atoms with van der Waals surface area (Å²) in [5, 5.41) is 8.86. The minimum atomic E-state index is 0.788. The van der Waals surface area contributed by atoms with Crippen molar-refractivity contribution in [2.45, 2.75) is 6.54 Å². The second-order valence-electron chi connectivity index (χ2n) is 4.22. The van der Waals surface area contributed by atoms with Crippen LogP contribution in [-0.4, -0.2) is 25.6 Å². The van der Waals surface area contributed by atoms with Crippen LogP contribution in [0.4, 0.5) is 0 Å².